The van der Waals surface area contributed by atoms with E-state index >= 15 is 0 Å². The maximum absolute atomic E-state index is 5.49. The van der Waals surface area contributed by atoms with Crippen LogP contribution < -0.4 is 0 Å². The second-order valence-corrected chi connectivity index (χ2v) is 3.26. The topological polar surface area (TPSA) is 18.5 Å². The molecule has 1 aliphatic heterocycles. The first-order chi connectivity index (χ1) is 5.84. The summed E-state index contributed by atoms with van der Waals surface area (Å²) >= 11 is 0. The molecule has 2 heteroatoms. The lowest BCUT2D eigenvalue weighted by molar-refractivity contribution is 0.00886. The molecule has 1 atom stereocenters. The summed E-state index contributed by atoms with van der Waals surface area (Å²) in [6.07, 6.45) is 6.32. The van der Waals surface area contributed by atoms with Crippen molar-refractivity contribution >= 4 is 0 Å². The van der Waals surface area contributed by atoms with Crippen LogP contribution in [0, 0.1) is 5.92 Å². The van der Waals surface area contributed by atoms with Crippen LogP contribution in [0.4, 0.5) is 0 Å². The van der Waals surface area contributed by atoms with Crippen molar-refractivity contribution in [1.82, 2.24) is 0 Å². The summed E-state index contributed by atoms with van der Waals surface area (Å²) in [5.74, 6) is 0.676. The van der Waals surface area contributed by atoms with Gasteiger partial charge in [0.05, 0.1) is 12.4 Å². The molecule has 1 aliphatic rings. The van der Waals surface area contributed by atoms with Crippen molar-refractivity contribution in [1.29, 1.82) is 0 Å². The van der Waals surface area contributed by atoms with Crippen LogP contribution in [0.2, 0.25) is 0 Å². The lowest BCUT2D eigenvalue weighted by Gasteiger charge is -2.26. The molecule has 0 saturated carbocycles. The molecule has 0 spiro atoms. The highest BCUT2D eigenvalue weighted by Crippen LogP contribution is 2.20. The maximum Gasteiger partial charge on any atom is 0.0979 e. The highest BCUT2D eigenvalue weighted by atomic mass is 16.5. The number of allylic oxidation sites excluding steroid dienone is 1. The minimum atomic E-state index is 0.338. The molecule has 1 unspecified atom stereocenters. The second-order valence-electron chi connectivity index (χ2n) is 3.26. The highest BCUT2D eigenvalue weighted by molar-refractivity contribution is 4.74. The largest absolute Gasteiger partial charge is 0.498 e. The lowest BCUT2D eigenvalue weighted by atomic mass is 9.95. The van der Waals surface area contributed by atoms with E-state index in [-0.39, 0.29) is 0 Å². The third-order valence-corrected chi connectivity index (χ3v) is 2.36. The fourth-order valence-electron chi connectivity index (χ4n) is 1.50. The normalized spacial score (nSPS) is 22.8. The minimum Gasteiger partial charge on any atom is -0.498 e. The van der Waals surface area contributed by atoms with Gasteiger partial charge in [0.2, 0.25) is 0 Å². The lowest BCUT2D eigenvalue weighted by Crippen LogP contribution is -2.26. The summed E-state index contributed by atoms with van der Waals surface area (Å²) in [6, 6.07) is 0. The highest BCUT2D eigenvalue weighted by Gasteiger charge is 2.20. The van der Waals surface area contributed by atoms with Crippen LogP contribution >= 0.6 is 0 Å². The summed E-state index contributed by atoms with van der Waals surface area (Å²) in [6.45, 7) is 5.90. The van der Waals surface area contributed by atoms with Gasteiger partial charge in [-0.25, -0.2) is 0 Å². The monoisotopic (exact) mass is 170 g/mol. The smallest absolute Gasteiger partial charge is 0.0979 e. The zero-order valence-corrected chi connectivity index (χ0v) is 7.95. The SMILES string of the molecule is C/C=C/OC(C)C1CCOCC1. The summed E-state index contributed by atoms with van der Waals surface area (Å²) in [5.41, 5.74) is 0. The summed E-state index contributed by atoms with van der Waals surface area (Å²) in [7, 11) is 0. The quantitative estimate of drug-likeness (QED) is 0.605. The Morgan fingerprint density at radius 1 is 1.42 bits per heavy atom. The van der Waals surface area contributed by atoms with Crippen molar-refractivity contribution < 1.29 is 9.47 Å². The van der Waals surface area contributed by atoms with Crippen LogP contribution in [0.5, 0.6) is 0 Å². The summed E-state index contributed by atoms with van der Waals surface area (Å²) in [4.78, 5) is 0. The molecule has 1 heterocycles. The zero-order chi connectivity index (χ0) is 8.81. The molecule has 1 fully saturated rings. The summed E-state index contributed by atoms with van der Waals surface area (Å²) in [5, 5.41) is 0. The van der Waals surface area contributed by atoms with Gasteiger partial charge in [-0.05, 0) is 32.6 Å². The van der Waals surface area contributed by atoms with E-state index in [2.05, 4.69) is 6.92 Å². The van der Waals surface area contributed by atoms with E-state index in [0.717, 1.165) is 26.1 Å². The Morgan fingerprint density at radius 3 is 2.67 bits per heavy atom. The molecule has 0 bridgehead atoms. The number of rotatable bonds is 3. The average molecular weight is 170 g/mol. The van der Waals surface area contributed by atoms with Crippen molar-refractivity contribution in [3.63, 3.8) is 0 Å². The Bertz CT molecular complexity index is 137. The van der Waals surface area contributed by atoms with Gasteiger partial charge in [0.1, 0.15) is 0 Å². The second kappa shape index (κ2) is 5.20. The predicted octanol–water partition coefficient (Wildman–Crippen LogP) is 2.35. The molecule has 2 nitrogen and oxygen atoms in total. The van der Waals surface area contributed by atoms with Gasteiger partial charge in [-0.1, -0.05) is 6.08 Å². The van der Waals surface area contributed by atoms with Gasteiger partial charge in [0.25, 0.3) is 0 Å². The molecule has 12 heavy (non-hydrogen) atoms. The maximum atomic E-state index is 5.49. The minimum absolute atomic E-state index is 0.338. The van der Waals surface area contributed by atoms with Gasteiger partial charge >= 0.3 is 0 Å². The van der Waals surface area contributed by atoms with Gasteiger partial charge in [-0.2, -0.15) is 0 Å². The molecule has 0 radical (unpaired) electrons. The van der Waals surface area contributed by atoms with E-state index in [1.165, 1.54) is 0 Å². The molecule has 0 aromatic carbocycles. The molecule has 70 valence electrons. The standard InChI is InChI=1S/C10H18O2/c1-3-6-12-9(2)10-4-7-11-8-5-10/h3,6,9-10H,4-5,7-8H2,1-2H3/b6-3+. The Balaban J connectivity index is 2.24. The number of ether oxygens (including phenoxy) is 2. The van der Waals surface area contributed by atoms with E-state index in [1.54, 1.807) is 6.26 Å². The van der Waals surface area contributed by atoms with Crippen molar-refractivity contribution in [2.75, 3.05) is 13.2 Å². The van der Waals surface area contributed by atoms with E-state index in [0.29, 0.717) is 12.0 Å². The molecule has 1 rings (SSSR count). The van der Waals surface area contributed by atoms with Gasteiger partial charge in [0.15, 0.2) is 0 Å². The van der Waals surface area contributed by atoms with Crippen LogP contribution in [0.15, 0.2) is 12.3 Å². The Kier molecular flexibility index (Phi) is 4.15. The van der Waals surface area contributed by atoms with Crippen LogP contribution in [0.1, 0.15) is 26.7 Å². The molecule has 0 aromatic heterocycles. The Morgan fingerprint density at radius 2 is 2.08 bits per heavy atom. The molecule has 0 amide bonds. The van der Waals surface area contributed by atoms with Crippen LogP contribution in [-0.2, 0) is 9.47 Å². The van der Waals surface area contributed by atoms with Crippen molar-refractivity contribution in [3.8, 4) is 0 Å². The predicted molar refractivity (Wildman–Crippen MR) is 48.9 cm³/mol. The van der Waals surface area contributed by atoms with Crippen LogP contribution in [0.3, 0.4) is 0 Å². The first-order valence-corrected chi connectivity index (χ1v) is 4.69. The molecule has 0 N–H and O–H groups in total. The third kappa shape index (κ3) is 2.86. The van der Waals surface area contributed by atoms with E-state index < -0.39 is 0 Å². The van der Waals surface area contributed by atoms with Gasteiger partial charge in [0, 0.05) is 13.2 Å². The van der Waals surface area contributed by atoms with Gasteiger partial charge in [-0.3, -0.25) is 0 Å². The van der Waals surface area contributed by atoms with Gasteiger partial charge in [-0.15, -0.1) is 0 Å². The zero-order valence-electron chi connectivity index (χ0n) is 7.95. The number of hydrogen-bond donors (Lipinski definition) is 0. The fourth-order valence-corrected chi connectivity index (χ4v) is 1.50. The third-order valence-electron chi connectivity index (χ3n) is 2.36. The molecule has 1 saturated heterocycles. The van der Waals surface area contributed by atoms with E-state index in [1.807, 2.05) is 13.0 Å². The Labute approximate surface area is 74.6 Å². The van der Waals surface area contributed by atoms with Crippen molar-refractivity contribution in [2.45, 2.75) is 32.8 Å². The first-order valence-electron chi connectivity index (χ1n) is 4.69. The average Bonchev–Trinajstić information content (AvgIpc) is 2.15. The van der Waals surface area contributed by atoms with E-state index in [9.17, 15) is 0 Å². The first kappa shape index (κ1) is 9.59. The van der Waals surface area contributed by atoms with Crippen molar-refractivity contribution in [2.24, 2.45) is 5.92 Å². The van der Waals surface area contributed by atoms with E-state index in [4.69, 9.17) is 9.47 Å². The Hall–Kier alpha value is -0.500. The number of hydrogen-bond acceptors (Lipinski definition) is 2. The van der Waals surface area contributed by atoms with Crippen molar-refractivity contribution in [3.05, 3.63) is 12.3 Å². The molecular weight excluding hydrogens is 152 g/mol. The fraction of sp³-hybridized carbons (Fsp3) is 0.800. The summed E-state index contributed by atoms with van der Waals surface area (Å²) < 4.78 is 10.8. The molecule has 0 aliphatic carbocycles. The molecular formula is C10H18O2. The van der Waals surface area contributed by atoms with Gasteiger partial charge < -0.3 is 9.47 Å². The van der Waals surface area contributed by atoms with Crippen LogP contribution in [0.25, 0.3) is 0 Å². The molecule has 0 aromatic rings. The van der Waals surface area contributed by atoms with Crippen LogP contribution in [-0.4, -0.2) is 19.3 Å².